The molecular weight excluding hydrogens is 230 g/mol. The lowest BCUT2D eigenvalue weighted by atomic mass is 9.92. The molecule has 0 saturated carbocycles. The van der Waals surface area contributed by atoms with Crippen molar-refractivity contribution in [2.45, 2.75) is 25.3 Å². The zero-order chi connectivity index (χ0) is 13.0. The van der Waals surface area contributed by atoms with E-state index < -0.39 is 0 Å². The molecule has 0 bridgehead atoms. The molecule has 1 fully saturated rings. The Morgan fingerprint density at radius 2 is 2.17 bits per heavy atom. The van der Waals surface area contributed by atoms with Gasteiger partial charge in [0.05, 0.1) is 5.56 Å². The number of anilines is 1. The van der Waals surface area contributed by atoms with Crippen molar-refractivity contribution in [3.05, 3.63) is 24.0 Å². The van der Waals surface area contributed by atoms with Gasteiger partial charge in [-0.2, -0.15) is 0 Å². The van der Waals surface area contributed by atoms with Crippen LogP contribution in [0.3, 0.4) is 0 Å². The van der Waals surface area contributed by atoms with E-state index in [1.54, 1.807) is 25.5 Å². The minimum Gasteiger partial charge on any atom is -0.387 e. The third-order valence-corrected chi connectivity index (χ3v) is 3.35. The van der Waals surface area contributed by atoms with Crippen LogP contribution in [0.15, 0.2) is 18.5 Å². The lowest BCUT2D eigenvalue weighted by Gasteiger charge is -2.34. The normalized spacial score (nSPS) is 18.1. The quantitative estimate of drug-likeness (QED) is 0.850. The molecule has 1 aromatic rings. The van der Waals surface area contributed by atoms with E-state index in [0.29, 0.717) is 18.8 Å². The Bertz CT molecular complexity index is 428. The number of nitrogens with zero attached hydrogens (tertiary/aromatic N) is 1. The summed E-state index contributed by atoms with van der Waals surface area (Å²) >= 11 is 0. The molecule has 0 aromatic carbocycles. The minimum absolute atomic E-state index is 0.0862. The van der Waals surface area contributed by atoms with Crippen LogP contribution in [-0.2, 0) is 4.74 Å². The number of ether oxygens (including phenoxy) is 1. The Hall–Kier alpha value is -1.62. The molecule has 0 spiro atoms. The molecule has 0 atom stereocenters. The third-order valence-electron chi connectivity index (χ3n) is 3.35. The summed E-state index contributed by atoms with van der Waals surface area (Å²) in [5.41, 5.74) is 1.18. The van der Waals surface area contributed by atoms with Gasteiger partial charge in [-0.05, 0) is 25.8 Å². The maximum absolute atomic E-state index is 12.3. The Morgan fingerprint density at radius 1 is 1.44 bits per heavy atom. The summed E-state index contributed by atoms with van der Waals surface area (Å²) < 4.78 is 5.32. The first kappa shape index (κ1) is 12.8. The predicted molar refractivity (Wildman–Crippen MR) is 69.7 cm³/mol. The fourth-order valence-electron chi connectivity index (χ4n) is 2.08. The molecule has 1 aliphatic rings. The van der Waals surface area contributed by atoms with Crippen molar-refractivity contribution in [1.82, 2.24) is 10.3 Å². The summed E-state index contributed by atoms with van der Waals surface area (Å²) in [4.78, 5) is 16.3. The maximum Gasteiger partial charge on any atom is 0.255 e. The van der Waals surface area contributed by atoms with Crippen LogP contribution in [0.4, 0.5) is 5.69 Å². The summed E-state index contributed by atoms with van der Waals surface area (Å²) in [6.45, 7) is 3.45. The predicted octanol–water partition coefficient (Wildman–Crippen LogP) is 1.42. The van der Waals surface area contributed by atoms with Crippen LogP contribution in [0, 0.1) is 0 Å². The van der Waals surface area contributed by atoms with Crippen LogP contribution < -0.4 is 10.6 Å². The molecule has 98 valence electrons. The third kappa shape index (κ3) is 2.79. The molecule has 0 radical (unpaired) electrons. The van der Waals surface area contributed by atoms with E-state index in [4.69, 9.17) is 4.74 Å². The van der Waals surface area contributed by atoms with Crippen molar-refractivity contribution in [3.63, 3.8) is 0 Å². The highest BCUT2D eigenvalue weighted by atomic mass is 16.5. The van der Waals surface area contributed by atoms with Gasteiger partial charge in [-0.15, -0.1) is 0 Å². The summed E-state index contributed by atoms with van der Waals surface area (Å²) in [6, 6.07) is 1.79. The second-order valence-electron chi connectivity index (χ2n) is 4.80. The van der Waals surface area contributed by atoms with Crippen LogP contribution in [0.25, 0.3) is 0 Å². The molecule has 1 saturated heterocycles. The van der Waals surface area contributed by atoms with E-state index in [2.05, 4.69) is 22.5 Å². The summed E-state index contributed by atoms with van der Waals surface area (Å²) in [7, 11) is 1.79. The smallest absolute Gasteiger partial charge is 0.255 e. The highest BCUT2D eigenvalue weighted by Crippen LogP contribution is 2.21. The minimum atomic E-state index is -0.184. The average molecular weight is 249 g/mol. The average Bonchev–Trinajstić information content (AvgIpc) is 2.39. The second kappa shape index (κ2) is 5.35. The maximum atomic E-state index is 12.3. The van der Waals surface area contributed by atoms with E-state index in [1.165, 1.54) is 0 Å². The van der Waals surface area contributed by atoms with Crippen molar-refractivity contribution < 1.29 is 9.53 Å². The van der Waals surface area contributed by atoms with Gasteiger partial charge in [0.1, 0.15) is 0 Å². The highest BCUT2D eigenvalue weighted by molar-refractivity contribution is 5.99. The van der Waals surface area contributed by atoms with E-state index in [0.717, 1.165) is 18.5 Å². The number of carbonyl (C=O) groups excluding carboxylic acids is 1. The van der Waals surface area contributed by atoms with Crippen molar-refractivity contribution >= 4 is 11.6 Å². The first-order valence-electron chi connectivity index (χ1n) is 6.17. The van der Waals surface area contributed by atoms with Crippen LogP contribution in [0.2, 0.25) is 0 Å². The lowest BCUT2D eigenvalue weighted by molar-refractivity contribution is 0.0423. The fraction of sp³-hybridized carbons (Fsp3) is 0.538. The first-order valence-corrected chi connectivity index (χ1v) is 6.17. The zero-order valence-electron chi connectivity index (χ0n) is 10.8. The number of amides is 1. The molecule has 2 rings (SSSR count). The van der Waals surface area contributed by atoms with Crippen molar-refractivity contribution in [2.24, 2.45) is 0 Å². The van der Waals surface area contributed by atoms with Crippen LogP contribution >= 0.6 is 0 Å². The van der Waals surface area contributed by atoms with Gasteiger partial charge >= 0.3 is 0 Å². The molecule has 18 heavy (non-hydrogen) atoms. The highest BCUT2D eigenvalue weighted by Gasteiger charge is 2.29. The molecule has 2 N–H and O–H groups in total. The van der Waals surface area contributed by atoms with Gasteiger partial charge in [-0.1, -0.05) is 0 Å². The molecule has 5 heteroatoms. The molecule has 1 amide bonds. The fourth-order valence-corrected chi connectivity index (χ4v) is 2.08. The zero-order valence-corrected chi connectivity index (χ0v) is 10.8. The van der Waals surface area contributed by atoms with Crippen molar-refractivity contribution in [2.75, 3.05) is 25.6 Å². The Morgan fingerprint density at radius 3 is 2.83 bits per heavy atom. The number of hydrogen-bond acceptors (Lipinski definition) is 4. The van der Waals surface area contributed by atoms with Gasteiger partial charge in [0.25, 0.3) is 5.91 Å². The topological polar surface area (TPSA) is 63.2 Å². The van der Waals surface area contributed by atoms with Crippen LogP contribution in [-0.4, -0.2) is 36.7 Å². The number of carbonyl (C=O) groups is 1. The Labute approximate surface area is 107 Å². The molecule has 2 heterocycles. The number of hydrogen-bond donors (Lipinski definition) is 2. The SMILES string of the molecule is CNc1ccncc1C(=O)NC1(C)CCOCC1. The van der Waals surface area contributed by atoms with E-state index in [9.17, 15) is 4.79 Å². The summed E-state index contributed by atoms with van der Waals surface area (Å²) in [5, 5.41) is 6.09. The van der Waals surface area contributed by atoms with Gasteiger partial charge in [0, 0.05) is 43.9 Å². The van der Waals surface area contributed by atoms with Gasteiger partial charge in [-0.3, -0.25) is 9.78 Å². The number of aromatic nitrogens is 1. The molecule has 0 aliphatic carbocycles. The summed E-state index contributed by atoms with van der Waals surface area (Å²) in [5.74, 6) is -0.0862. The van der Waals surface area contributed by atoms with Gasteiger partial charge in [0.2, 0.25) is 0 Å². The second-order valence-corrected chi connectivity index (χ2v) is 4.80. The van der Waals surface area contributed by atoms with Gasteiger partial charge < -0.3 is 15.4 Å². The number of nitrogens with one attached hydrogen (secondary N) is 2. The van der Waals surface area contributed by atoms with Gasteiger partial charge in [-0.25, -0.2) is 0 Å². The Balaban J connectivity index is 2.11. The van der Waals surface area contributed by atoms with E-state index in [-0.39, 0.29) is 11.4 Å². The lowest BCUT2D eigenvalue weighted by Crippen LogP contribution is -2.49. The van der Waals surface area contributed by atoms with E-state index >= 15 is 0 Å². The standard InChI is InChI=1S/C13H19N3O2/c1-13(4-7-18-8-5-13)16-12(17)10-9-15-6-3-11(10)14-2/h3,6,9H,4-5,7-8H2,1-2H3,(H,14,15)(H,16,17). The van der Waals surface area contributed by atoms with Crippen LogP contribution in [0.1, 0.15) is 30.1 Å². The van der Waals surface area contributed by atoms with Crippen LogP contribution in [0.5, 0.6) is 0 Å². The molecular formula is C13H19N3O2. The first-order chi connectivity index (χ1) is 8.64. The summed E-state index contributed by atoms with van der Waals surface area (Å²) in [6.07, 6.45) is 4.93. The number of rotatable bonds is 3. The van der Waals surface area contributed by atoms with E-state index in [1.807, 2.05) is 0 Å². The monoisotopic (exact) mass is 249 g/mol. The number of pyridine rings is 1. The molecule has 0 unspecified atom stereocenters. The molecule has 5 nitrogen and oxygen atoms in total. The largest absolute Gasteiger partial charge is 0.387 e. The molecule has 1 aromatic heterocycles. The van der Waals surface area contributed by atoms with Crippen molar-refractivity contribution in [1.29, 1.82) is 0 Å². The Kier molecular flexibility index (Phi) is 3.81. The van der Waals surface area contributed by atoms with Gasteiger partial charge in [0.15, 0.2) is 0 Å². The van der Waals surface area contributed by atoms with Crippen molar-refractivity contribution in [3.8, 4) is 0 Å². The molecule has 1 aliphatic heterocycles.